The first kappa shape index (κ1) is 13.5. The van der Waals surface area contributed by atoms with Crippen LogP contribution in [0.3, 0.4) is 0 Å². The maximum Gasteiger partial charge on any atom is 0.319 e. The van der Waals surface area contributed by atoms with E-state index in [0.717, 1.165) is 22.8 Å². The molecule has 0 spiro atoms. The van der Waals surface area contributed by atoms with E-state index in [9.17, 15) is 4.79 Å². The minimum Gasteiger partial charge on any atom is -0.337 e. The van der Waals surface area contributed by atoms with Crippen LogP contribution in [0.5, 0.6) is 0 Å². The van der Waals surface area contributed by atoms with E-state index in [0.29, 0.717) is 6.54 Å². The van der Waals surface area contributed by atoms with Gasteiger partial charge in [-0.3, -0.25) is 0 Å². The number of benzene rings is 1. The molecule has 1 aromatic heterocycles. The Kier molecular flexibility index (Phi) is 4.52. The molecule has 0 saturated carbocycles. The lowest BCUT2D eigenvalue weighted by Crippen LogP contribution is -2.30. The van der Waals surface area contributed by atoms with Gasteiger partial charge in [-0.1, -0.05) is 18.2 Å². The van der Waals surface area contributed by atoms with E-state index in [2.05, 4.69) is 22.5 Å². The van der Waals surface area contributed by atoms with Gasteiger partial charge in [-0.15, -0.1) is 11.3 Å². The smallest absolute Gasteiger partial charge is 0.319 e. The van der Waals surface area contributed by atoms with Crippen molar-refractivity contribution < 1.29 is 4.79 Å². The number of aryl methyl sites for hydroxylation is 2. The quantitative estimate of drug-likeness (QED) is 0.900. The summed E-state index contributed by atoms with van der Waals surface area (Å²) in [5.74, 6) is 0. The van der Waals surface area contributed by atoms with Gasteiger partial charge in [0.15, 0.2) is 0 Å². The van der Waals surface area contributed by atoms with Crippen molar-refractivity contribution in [3.05, 3.63) is 45.9 Å². The lowest BCUT2D eigenvalue weighted by molar-refractivity contribution is 0.252. The fourth-order valence-electron chi connectivity index (χ4n) is 1.63. The second kappa shape index (κ2) is 6.33. The molecule has 0 aliphatic rings. The van der Waals surface area contributed by atoms with Crippen LogP contribution in [-0.4, -0.2) is 17.6 Å². The minimum absolute atomic E-state index is 0.184. The van der Waals surface area contributed by atoms with Gasteiger partial charge in [-0.25, -0.2) is 9.78 Å². The molecule has 1 heterocycles. The average molecular weight is 275 g/mol. The number of hydrogen-bond donors (Lipinski definition) is 2. The van der Waals surface area contributed by atoms with E-state index < -0.39 is 0 Å². The topological polar surface area (TPSA) is 54.0 Å². The molecule has 2 rings (SSSR count). The fourth-order valence-corrected chi connectivity index (χ4v) is 2.56. The molecule has 2 N–H and O–H groups in total. The molecule has 0 unspecified atom stereocenters. The molecule has 0 bridgehead atoms. The van der Waals surface area contributed by atoms with E-state index >= 15 is 0 Å². The molecule has 2 aromatic rings. The van der Waals surface area contributed by atoms with Crippen LogP contribution in [0.15, 0.2) is 30.3 Å². The van der Waals surface area contributed by atoms with Gasteiger partial charge in [0.05, 0.1) is 10.7 Å². The van der Waals surface area contributed by atoms with Crippen molar-refractivity contribution in [1.82, 2.24) is 10.3 Å². The number of rotatable bonds is 4. The minimum atomic E-state index is -0.184. The van der Waals surface area contributed by atoms with Crippen molar-refractivity contribution in [1.29, 1.82) is 0 Å². The predicted molar refractivity (Wildman–Crippen MR) is 78.8 cm³/mol. The second-order valence-corrected chi connectivity index (χ2v) is 5.53. The number of carbonyl (C=O) groups is 1. The molecular weight excluding hydrogens is 258 g/mol. The maximum absolute atomic E-state index is 11.6. The lowest BCUT2D eigenvalue weighted by Gasteiger charge is -2.06. The summed E-state index contributed by atoms with van der Waals surface area (Å²) >= 11 is 1.69. The molecule has 0 aliphatic heterocycles. The molecule has 0 atom stereocenters. The van der Waals surface area contributed by atoms with Crippen LogP contribution in [-0.2, 0) is 6.42 Å². The number of carbonyl (C=O) groups excluding carboxylic acids is 1. The third-order valence-electron chi connectivity index (χ3n) is 2.73. The molecule has 0 radical (unpaired) electrons. The van der Waals surface area contributed by atoms with Crippen LogP contribution >= 0.6 is 11.3 Å². The highest BCUT2D eigenvalue weighted by Crippen LogP contribution is 2.16. The normalized spacial score (nSPS) is 10.2. The van der Waals surface area contributed by atoms with Gasteiger partial charge < -0.3 is 10.6 Å². The third-order valence-corrected chi connectivity index (χ3v) is 3.86. The number of amides is 2. The summed E-state index contributed by atoms with van der Waals surface area (Å²) in [6, 6.07) is 9.21. The van der Waals surface area contributed by atoms with Crippen LogP contribution in [0, 0.1) is 13.8 Å². The number of hydrogen-bond acceptors (Lipinski definition) is 3. The van der Waals surface area contributed by atoms with Crippen molar-refractivity contribution >= 4 is 23.1 Å². The van der Waals surface area contributed by atoms with E-state index in [1.165, 1.54) is 4.88 Å². The lowest BCUT2D eigenvalue weighted by atomic mass is 10.3. The molecule has 1 aromatic carbocycles. The number of urea groups is 1. The van der Waals surface area contributed by atoms with Crippen molar-refractivity contribution in [3.8, 4) is 0 Å². The number of anilines is 1. The monoisotopic (exact) mass is 275 g/mol. The zero-order valence-electron chi connectivity index (χ0n) is 11.1. The maximum atomic E-state index is 11.6. The number of nitrogens with zero attached hydrogens (tertiary/aromatic N) is 1. The van der Waals surface area contributed by atoms with Crippen LogP contribution in [0.4, 0.5) is 10.5 Å². The number of nitrogens with one attached hydrogen (secondary N) is 2. The van der Waals surface area contributed by atoms with Crippen LogP contribution < -0.4 is 10.6 Å². The van der Waals surface area contributed by atoms with Crippen LogP contribution in [0.1, 0.15) is 15.6 Å². The summed E-state index contributed by atoms with van der Waals surface area (Å²) in [7, 11) is 0. The summed E-state index contributed by atoms with van der Waals surface area (Å²) in [6.07, 6.45) is 0.765. The summed E-state index contributed by atoms with van der Waals surface area (Å²) in [6.45, 7) is 4.65. The standard InChI is InChI=1S/C14H17N3OS/c1-10-11(2)19-13(16-10)8-9-15-14(18)17-12-6-4-3-5-7-12/h3-7H,8-9H2,1-2H3,(H2,15,17,18). The Morgan fingerprint density at radius 2 is 2.00 bits per heavy atom. The van der Waals surface area contributed by atoms with Gasteiger partial charge in [-0.2, -0.15) is 0 Å². The Balaban J connectivity index is 1.75. The molecule has 19 heavy (non-hydrogen) atoms. The summed E-state index contributed by atoms with van der Waals surface area (Å²) in [5.41, 5.74) is 1.87. The molecule has 0 saturated heterocycles. The average Bonchev–Trinajstić information content (AvgIpc) is 2.70. The van der Waals surface area contributed by atoms with Gasteiger partial charge in [0.2, 0.25) is 0 Å². The second-order valence-electron chi connectivity index (χ2n) is 4.25. The van der Waals surface area contributed by atoms with Gasteiger partial charge in [0.25, 0.3) is 0 Å². The highest BCUT2D eigenvalue weighted by atomic mass is 32.1. The SMILES string of the molecule is Cc1nc(CCNC(=O)Nc2ccccc2)sc1C. The van der Waals surface area contributed by atoms with Gasteiger partial charge in [0, 0.05) is 23.5 Å². The summed E-state index contributed by atoms with van der Waals surface area (Å²) < 4.78 is 0. The molecule has 0 fully saturated rings. The van der Waals surface area contributed by atoms with Crippen molar-refractivity contribution in [2.45, 2.75) is 20.3 Å². The van der Waals surface area contributed by atoms with E-state index in [4.69, 9.17) is 0 Å². The zero-order valence-corrected chi connectivity index (χ0v) is 11.9. The largest absolute Gasteiger partial charge is 0.337 e. The molecule has 0 aliphatic carbocycles. The van der Waals surface area contributed by atoms with Crippen molar-refractivity contribution in [2.75, 3.05) is 11.9 Å². The van der Waals surface area contributed by atoms with E-state index in [1.54, 1.807) is 11.3 Å². The Bertz CT molecular complexity index is 532. The molecule has 4 nitrogen and oxygen atoms in total. The van der Waals surface area contributed by atoms with Gasteiger partial charge >= 0.3 is 6.03 Å². The molecular formula is C14H17N3OS. The van der Waals surface area contributed by atoms with Crippen molar-refractivity contribution in [2.24, 2.45) is 0 Å². The van der Waals surface area contributed by atoms with Crippen LogP contribution in [0.2, 0.25) is 0 Å². The third kappa shape index (κ3) is 4.06. The first-order valence-electron chi connectivity index (χ1n) is 6.18. The first-order chi connectivity index (χ1) is 9.15. The Hall–Kier alpha value is -1.88. The predicted octanol–water partition coefficient (Wildman–Crippen LogP) is 3.12. The fraction of sp³-hybridized carbons (Fsp3) is 0.286. The Morgan fingerprint density at radius 3 is 2.63 bits per heavy atom. The summed E-state index contributed by atoms with van der Waals surface area (Å²) in [4.78, 5) is 17.3. The van der Waals surface area contributed by atoms with Crippen molar-refractivity contribution in [3.63, 3.8) is 0 Å². The molecule has 100 valence electrons. The van der Waals surface area contributed by atoms with Crippen LogP contribution in [0.25, 0.3) is 0 Å². The number of thiazole rings is 1. The first-order valence-corrected chi connectivity index (χ1v) is 6.99. The molecule has 5 heteroatoms. The molecule has 2 amide bonds. The van der Waals surface area contributed by atoms with E-state index in [-0.39, 0.29) is 6.03 Å². The zero-order chi connectivity index (χ0) is 13.7. The Morgan fingerprint density at radius 1 is 1.26 bits per heavy atom. The van der Waals surface area contributed by atoms with E-state index in [1.807, 2.05) is 37.3 Å². The highest BCUT2D eigenvalue weighted by molar-refractivity contribution is 7.11. The highest BCUT2D eigenvalue weighted by Gasteiger charge is 2.05. The van der Waals surface area contributed by atoms with Gasteiger partial charge in [-0.05, 0) is 26.0 Å². The Labute approximate surface area is 116 Å². The number of para-hydroxylation sites is 1. The number of aromatic nitrogens is 1. The summed E-state index contributed by atoms with van der Waals surface area (Å²) in [5, 5.41) is 6.67. The van der Waals surface area contributed by atoms with Gasteiger partial charge in [0.1, 0.15) is 0 Å².